The number of nitrogens with zero attached hydrogens (tertiary/aromatic N) is 8. The molecule has 1 fully saturated rings. The Morgan fingerprint density at radius 3 is 2.17 bits per heavy atom. The van der Waals surface area contributed by atoms with E-state index in [0.29, 0.717) is 75.8 Å². The first-order chi connectivity index (χ1) is 42.7. The van der Waals surface area contributed by atoms with Gasteiger partial charge in [-0.1, -0.05) is 44.2 Å². The van der Waals surface area contributed by atoms with Crippen molar-refractivity contribution in [1.29, 1.82) is 0 Å². The van der Waals surface area contributed by atoms with E-state index >= 15 is 0 Å². The SMILES string of the molecule is CNC(=O)C[C@@H]1NC(=O)c2csc(n2)-c2ccc(-c3nc(N(CCC(=O)O)C(=O)O[C@H]4CC[C@H](C(=O)O)C4)cs3)nc2-c2csc(n2)-c2csc(n2)[C@H]([C@@H](O)c2ccccc2)NC(=O)CNC(=O)c2nc(sc2COC)[C@H](C(C)C)NC(=O)c2nc1sc2C. The highest BCUT2D eigenvalue weighted by Crippen LogP contribution is 2.41. The number of aromatic nitrogens is 7. The van der Waals surface area contributed by atoms with Gasteiger partial charge in [-0.2, -0.15) is 0 Å². The molecule has 6 amide bonds. The number of pyridine rings is 1. The number of aliphatic carboxylic acids is 2. The summed E-state index contributed by atoms with van der Waals surface area (Å²) >= 11 is 6.87. The molecule has 32 heteroatoms. The van der Waals surface area contributed by atoms with Crippen molar-refractivity contribution in [2.45, 2.75) is 89.8 Å². The molecule has 1 saturated carbocycles. The van der Waals surface area contributed by atoms with Crippen molar-refractivity contribution < 1.29 is 63.1 Å². The van der Waals surface area contributed by atoms with Crippen LogP contribution in [0.15, 0.2) is 64.0 Å². The lowest BCUT2D eigenvalue weighted by atomic mass is 10.0. The Morgan fingerprint density at radius 1 is 0.719 bits per heavy atom. The Bertz CT molecular complexity index is 3970. The van der Waals surface area contributed by atoms with E-state index in [4.69, 9.17) is 34.4 Å². The molecule has 8 heterocycles. The number of aliphatic hydroxyl groups excluding tert-OH is 1. The zero-order valence-electron chi connectivity index (χ0n) is 48.0. The molecule has 1 aliphatic heterocycles. The van der Waals surface area contributed by atoms with E-state index in [2.05, 4.69) is 36.6 Å². The first-order valence-corrected chi connectivity index (χ1v) is 32.8. The molecule has 10 rings (SSSR count). The molecule has 8 N–H and O–H groups in total. The number of thiazole rings is 6. The number of carboxylic acid groups (broad SMARTS) is 2. The molecule has 0 unspecified atom stereocenters. The van der Waals surface area contributed by atoms with Crippen LogP contribution in [0.3, 0.4) is 0 Å². The zero-order valence-corrected chi connectivity index (χ0v) is 52.9. The normalized spacial score (nSPS) is 18.5. The quantitative estimate of drug-likeness (QED) is 0.0511. The van der Waals surface area contributed by atoms with Gasteiger partial charge in [0.25, 0.3) is 17.7 Å². The molecule has 26 nitrogen and oxygen atoms in total. The molecule has 89 heavy (non-hydrogen) atoms. The Balaban J connectivity index is 1.04. The first-order valence-electron chi connectivity index (χ1n) is 27.6. The molecule has 6 atom stereocenters. The van der Waals surface area contributed by atoms with Crippen LogP contribution in [0.4, 0.5) is 10.6 Å². The molecule has 1 aliphatic carbocycles. The number of benzene rings is 1. The van der Waals surface area contributed by atoms with E-state index in [1.54, 1.807) is 65.5 Å². The predicted molar refractivity (Wildman–Crippen MR) is 332 cm³/mol. The maximum Gasteiger partial charge on any atom is 0.415 e. The van der Waals surface area contributed by atoms with Gasteiger partial charge in [0.15, 0.2) is 0 Å². The van der Waals surface area contributed by atoms with E-state index in [1.807, 2.05) is 13.8 Å². The van der Waals surface area contributed by atoms with Gasteiger partial charge in [-0.05, 0) is 49.8 Å². The number of hydrogen-bond donors (Lipinski definition) is 8. The van der Waals surface area contributed by atoms with Crippen molar-refractivity contribution >= 4 is 121 Å². The van der Waals surface area contributed by atoms with Gasteiger partial charge >= 0.3 is 18.0 Å². The minimum Gasteiger partial charge on any atom is -0.481 e. The summed E-state index contributed by atoms with van der Waals surface area (Å²) in [5.41, 5.74) is 2.17. The van der Waals surface area contributed by atoms with Crippen molar-refractivity contribution in [3.8, 4) is 43.4 Å². The Kier molecular flexibility index (Phi) is 20.0. The number of carboxylic acids is 2. The average molecular weight is 1320 g/mol. The van der Waals surface area contributed by atoms with Crippen LogP contribution in [0.1, 0.15) is 132 Å². The number of ether oxygens (including phenoxy) is 2. The summed E-state index contributed by atoms with van der Waals surface area (Å²) in [5, 5.41) is 53.7. The fourth-order valence-electron chi connectivity index (χ4n) is 9.68. The highest BCUT2D eigenvalue weighted by molar-refractivity contribution is 7.15. The summed E-state index contributed by atoms with van der Waals surface area (Å²) in [4.78, 5) is 143. The monoisotopic (exact) mass is 1320 g/mol. The van der Waals surface area contributed by atoms with Gasteiger partial charge in [0.1, 0.15) is 88.3 Å². The topological polar surface area (TPSA) is 369 Å². The van der Waals surface area contributed by atoms with E-state index in [0.717, 1.165) is 61.6 Å². The summed E-state index contributed by atoms with van der Waals surface area (Å²) in [7, 11) is 2.91. The number of fused-ring (bicyclic) bond motifs is 14. The van der Waals surface area contributed by atoms with Crippen molar-refractivity contribution in [2.75, 3.05) is 32.1 Å². The Morgan fingerprint density at radius 2 is 1.44 bits per heavy atom. The summed E-state index contributed by atoms with van der Waals surface area (Å²) in [5.74, 6) is -6.09. The molecule has 464 valence electrons. The Labute approximate surface area is 531 Å². The number of nitrogens with one attached hydrogen (secondary N) is 5. The van der Waals surface area contributed by atoms with Crippen LogP contribution >= 0.6 is 68.0 Å². The number of carbonyl (C=O) groups is 8. The minimum absolute atomic E-state index is 0.0169. The molecule has 0 spiro atoms. The number of carbonyl (C=O) groups excluding carboxylic acids is 6. The maximum atomic E-state index is 14.4. The molecule has 1 aromatic carbocycles. The van der Waals surface area contributed by atoms with E-state index < -0.39 is 96.8 Å². The molecule has 0 saturated heterocycles. The van der Waals surface area contributed by atoms with Crippen LogP contribution in [0.2, 0.25) is 0 Å². The van der Waals surface area contributed by atoms with Crippen molar-refractivity contribution in [3.05, 3.63) is 111 Å². The second kappa shape index (κ2) is 28.0. The molecular formula is C57H57N13O13S6. The van der Waals surface area contributed by atoms with Crippen molar-refractivity contribution in [2.24, 2.45) is 11.8 Å². The number of rotatable bonds is 14. The predicted octanol–water partition coefficient (Wildman–Crippen LogP) is 7.98. The van der Waals surface area contributed by atoms with Gasteiger partial charge < -0.3 is 51.4 Å². The van der Waals surface area contributed by atoms with Crippen LogP contribution in [-0.4, -0.2) is 131 Å². The van der Waals surface area contributed by atoms with Crippen molar-refractivity contribution in [1.82, 2.24) is 61.5 Å². The lowest BCUT2D eigenvalue weighted by Crippen LogP contribution is -2.40. The first kappa shape index (κ1) is 63.6. The average Bonchev–Trinajstić information content (AvgIpc) is 1.82. The number of aliphatic hydroxyl groups is 1. The largest absolute Gasteiger partial charge is 0.481 e. The molecule has 8 aromatic rings. The van der Waals surface area contributed by atoms with Gasteiger partial charge in [-0.25, -0.2) is 39.7 Å². The molecule has 2 aliphatic rings. The number of methoxy groups -OCH3 is 1. The fraction of sp³-hybridized carbons (Fsp3) is 0.351. The van der Waals surface area contributed by atoms with Crippen LogP contribution in [0.5, 0.6) is 0 Å². The second-order valence-electron chi connectivity index (χ2n) is 20.8. The summed E-state index contributed by atoms with van der Waals surface area (Å²) in [6, 6.07) is 9.14. The standard InChI is InChI=1S/C57H57N13O13S6/c1-25(2)41-55-69-44(36(89-55)20-82-5)48(77)59-19-39(72)66-45(46(75)27-9-7-6-8-10-27)54-64-35(23-86-54)52-62-33(21-85-52)43-30(50-63-34(22-84-50)47(76)61-32(18-38(71)58-4)53-68-42(26(3)88-53)49(78)67-41)13-14-31(60-43)51-65-37(24-87-51)70(16-15-40(73)74)57(81)83-29-12-11-28(17-29)56(79)80/h6-10,13-14,21-25,28-29,32,41,45-46,75H,11-12,15-20H2,1-5H3,(H,58,71)(H,59,77)(H,61,76)(H,66,72)(H,67,78)(H,73,74)(H,79,80)/t28-,29-,32-,41-,45-,46-/m0/s1. The lowest BCUT2D eigenvalue weighted by Gasteiger charge is -2.23. The number of hydrogen-bond acceptors (Lipinski definition) is 24. The number of anilines is 1. The smallest absolute Gasteiger partial charge is 0.415 e. The fourth-order valence-corrected chi connectivity index (χ4v) is 15.2. The zero-order chi connectivity index (χ0) is 63.2. The number of aryl methyl sites for hydroxylation is 1. The van der Waals surface area contributed by atoms with E-state index in [1.165, 1.54) is 30.9 Å². The van der Waals surface area contributed by atoms with Crippen LogP contribution in [-0.2, 0) is 35.3 Å². The third kappa shape index (κ3) is 14.7. The highest BCUT2D eigenvalue weighted by atomic mass is 32.1. The van der Waals surface area contributed by atoms with Gasteiger partial charge in [0.2, 0.25) is 11.8 Å². The lowest BCUT2D eigenvalue weighted by molar-refractivity contribution is -0.142. The molecular weight excluding hydrogens is 1270 g/mol. The Hall–Kier alpha value is -8.37. The van der Waals surface area contributed by atoms with Gasteiger partial charge in [0.05, 0.1) is 54.6 Å². The van der Waals surface area contributed by atoms with Crippen LogP contribution < -0.4 is 31.5 Å². The molecule has 0 radical (unpaired) electrons. The van der Waals surface area contributed by atoms with E-state index in [9.17, 15) is 53.7 Å². The molecule has 10 bridgehead atoms. The van der Waals surface area contributed by atoms with Crippen LogP contribution in [0.25, 0.3) is 43.4 Å². The van der Waals surface area contributed by atoms with Crippen molar-refractivity contribution in [3.63, 3.8) is 0 Å². The molecule has 7 aromatic heterocycles. The third-order valence-corrected chi connectivity index (χ3v) is 20.0. The summed E-state index contributed by atoms with van der Waals surface area (Å²) in [6.45, 7) is 4.56. The van der Waals surface area contributed by atoms with E-state index in [-0.39, 0.29) is 65.5 Å². The van der Waals surface area contributed by atoms with Gasteiger partial charge in [-0.3, -0.25) is 38.5 Å². The second-order valence-corrected chi connectivity index (χ2v) is 26.6. The number of amides is 6. The summed E-state index contributed by atoms with van der Waals surface area (Å²) < 4.78 is 11.1. The summed E-state index contributed by atoms with van der Waals surface area (Å²) in [6.07, 6.45) is -2.86. The van der Waals surface area contributed by atoms with Gasteiger partial charge in [0, 0.05) is 52.7 Å². The maximum absolute atomic E-state index is 14.4. The van der Waals surface area contributed by atoms with Gasteiger partial charge in [-0.15, -0.1) is 68.0 Å². The highest BCUT2D eigenvalue weighted by Gasteiger charge is 2.36. The third-order valence-electron chi connectivity index (χ3n) is 14.3. The minimum atomic E-state index is -1.31. The van der Waals surface area contributed by atoms with Crippen LogP contribution in [0, 0.1) is 18.8 Å².